The summed E-state index contributed by atoms with van der Waals surface area (Å²) in [6, 6.07) is 10.9. The van der Waals surface area contributed by atoms with Crippen LogP contribution in [0, 0.1) is 11.8 Å². The van der Waals surface area contributed by atoms with Crippen LogP contribution in [0.4, 0.5) is 0 Å². The largest absolute Gasteiger partial charge is 0.345 e. The Bertz CT molecular complexity index is 631. The highest BCUT2D eigenvalue weighted by Gasteiger charge is 2.70. The molecule has 25 heavy (non-hydrogen) atoms. The Labute approximate surface area is 150 Å². The van der Waals surface area contributed by atoms with Gasteiger partial charge in [-0.15, -0.1) is 0 Å². The lowest BCUT2D eigenvalue weighted by atomic mass is 9.74. The fraction of sp³-hybridized carbons (Fsp3) is 0.714. The summed E-state index contributed by atoms with van der Waals surface area (Å²) in [6.45, 7) is 5.21. The molecule has 0 aromatic heterocycles. The maximum atomic E-state index is 6.66. The Morgan fingerprint density at radius 2 is 1.84 bits per heavy atom. The van der Waals surface area contributed by atoms with Gasteiger partial charge in [-0.1, -0.05) is 54.8 Å². The quantitative estimate of drug-likeness (QED) is 0.813. The van der Waals surface area contributed by atoms with Crippen molar-refractivity contribution in [2.24, 2.45) is 11.8 Å². The predicted molar refractivity (Wildman–Crippen MR) is 94.4 cm³/mol. The highest BCUT2D eigenvalue weighted by Crippen LogP contribution is 2.64. The summed E-state index contributed by atoms with van der Waals surface area (Å²) in [5.41, 5.74) is 1.29. The summed E-state index contributed by atoms with van der Waals surface area (Å²) in [6.07, 6.45) is 7.62. The summed E-state index contributed by atoms with van der Waals surface area (Å²) < 4.78 is 6.66. The molecule has 1 aromatic rings. The van der Waals surface area contributed by atoms with E-state index in [-0.39, 0.29) is 5.54 Å². The first-order valence-electron chi connectivity index (χ1n) is 9.96. The second-order valence-electron chi connectivity index (χ2n) is 8.69. The highest BCUT2D eigenvalue weighted by atomic mass is 17.0. The van der Waals surface area contributed by atoms with Gasteiger partial charge >= 0.3 is 0 Å². The van der Waals surface area contributed by atoms with Crippen LogP contribution in [0.15, 0.2) is 30.3 Å². The number of rotatable bonds is 3. The zero-order valence-electron chi connectivity index (χ0n) is 15.3. The average molecular weight is 343 g/mol. The first kappa shape index (κ1) is 16.2. The van der Waals surface area contributed by atoms with Gasteiger partial charge in [-0.3, -0.25) is 4.84 Å². The lowest BCUT2D eigenvalue weighted by Crippen LogP contribution is -2.60. The lowest BCUT2D eigenvalue weighted by Gasteiger charge is -2.52. The van der Waals surface area contributed by atoms with Gasteiger partial charge < -0.3 is 4.74 Å². The van der Waals surface area contributed by atoms with Crippen LogP contribution >= 0.6 is 0 Å². The minimum Gasteiger partial charge on any atom is -0.345 e. The predicted octanol–water partition coefficient (Wildman–Crippen LogP) is 4.42. The second kappa shape index (κ2) is 5.78. The second-order valence-corrected chi connectivity index (χ2v) is 8.69. The summed E-state index contributed by atoms with van der Waals surface area (Å²) >= 11 is 0. The molecule has 2 bridgehead atoms. The Kier molecular flexibility index (Phi) is 3.76. The number of hydroxylamine groups is 2. The van der Waals surface area contributed by atoms with E-state index in [1.54, 1.807) is 0 Å². The van der Waals surface area contributed by atoms with Crippen molar-refractivity contribution in [2.45, 2.75) is 75.7 Å². The van der Waals surface area contributed by atoms with Crippen LogP contribution in [-0.2, 0) is 14.4 Å². The molecule has 5 rings (SSSR count). The molecule has 0 unspecified atom stereocenters. The molecule has 0 radical (unpaired) electrons. The highest BCUT2D eigenvalue weighted by molar-refractivity contribution is 5.30. The number of nitrogens with zero attached hydrogens (tertiary/aromatic N) is 1. The van der Waals surface area contributed by atoms with Crippen LogP contribution < -0.4 is 0 Å². The molecule has 136 valence electrons. The van der Waals surface area contributed by atoms with Gasteiger partial charge in [0.15, 0.2) is 5.79 Å². The molecule has 1 aromatic carbocycles. The third kappa shape index (κ3) is 2.34. The van der Waals surface area contributed by atoms with Gasteiger partial charge in [-0.05, 0) is 38.7 Å². The Morgan fingerprint density at radius 1 is 1.08 bits per heavy atom. The van der Waals surface area contributed by atoms with E-state index in [0.29, 0.717) is 23.9 Å². The molecule has 2 saturated carbocycles. The zero-order chi connectivity index (χ0) is 17.1. The third-order valence-corrected chi connectivity index (χ3v) is 7.23. The van der Waals surface area contributed by atoms with Crippen molar-refractivity contribution in [3.63, 3.8) is 0 Å². The monoisotopic (exact) mass is 343 g/mol. The van der Waals surface area contributed by atoms with Crippen molar-refractivity contribution in [1.29, 1.82) is 0 Å². The average Bonchev–Trinajstić information content (AvgIpc) is 3.06. The van der Waals surface area contributed by atoms with Crippen LogP contribution in [0.3, 0.4) is 0 Å². The molecule has 0 N–H and O–H groups in total. The van der Waals surface area contributed by atoms with Gasteiger partial charge in [0.1, 0.15) is 0 Å². The fourth-order valence-electron chi connectivity index (χ4n) is 5.87. The smallest absolute Gasteiger partial charge is 0.191 e. The van der Waals surface area contributed by atoms with Crippen LogP contribution in [0.1, 0.15) is 63.9 Å². The molecule has 2 saturated heterocycles. The van der Waals surface area contributed by atoms with E-state index >= 15 is 0 Å². The Balaban J connectivity index is 1.51. The van der Waals surface area contributed by atoms with E-state index < -0.39 is 5.79 Å². The van der Waals surface area contributed by atoms with Crippen molar-refractivity contribution >= 4 is 0 Å². The van der Waals surface area contributed by atoms with Gasteiger partial charge in [0.2, 0.25) is 0 Å². The standard InChI is InChI=1S/C21H29NO3/c1-20-16-13-18(19(20)15-9-5-3-6-10-15)21(2,25-22(20)23-14-16)24-17-11-7-4-8-12-17/h3,5-6,9-10,16-19H,4,7-8,11-14H2,1-2H3/t16-,18-,19-,20+,21-/m0/s1. The van der Waals surface area contributed by atoms with Crippen LogP contribution in [0.25, 0.3) is 0 Å². The summed E-state index contributed by atoms with van der Waals surface area (Å²) in [5.74, 6) is 0.645. The number of hydrogen-bond acceptors (Lipinski definition) is 4. The van der Waals surface area contributed by atoms with E-state index in [4.69, 9.17) is 14.4 Å². The van der Waals surface area contributed by atoms with Crippen LogP contribution in [0.2, 0.25) is 0 Å². The molecule has 4 nitrogen and oxygen atoms in total. The van der Waals surface area contributed by atoms with Crippen molar-refractivity contribution in [1.82, 2.24) is 5.23 Å². The number of fused-ring (bicyclic) bond motifs is 1. The van der Waals surface area contributed by atoms with Crippen molar-refractivity contribution in [3.05, 3.63) is 35.9 Å². The number of hydrogen-bond donors (Lipinski definition) is 0. The molecule has 5 atom stereocenters. The molecule has 4 fully saturated rings. The Morgan fingerprint density at radius 3 is 2.60 bits per heavy atom. The van der Waals surface area contributed by atoms with E-state index in [0.717, 1.165) is 25.9 Å². The minimum atomic E-state index is -0.600. The van der Waals surface area contributed by atoms with Crippen molar-refractivity contribution < 1.29 is 14.4 Å². The molecule has 0 spiro atoms. The van der Waals surface area contributed by atoms with E-state index in [2.05, 4.69) is 44.2 Å². The molecule has 2 aliphatic carbocycles. The molecular formula is C21H29NO3. The number of ether oxygens (including phenoxy) is 1. The van der Waals surface area contributed by atoms with Gasteiger partial charge in [-0.2, -0.15) is 0 Å². The fourth-order valence-corrected chi connectivity index (χ4v) is 5.87. The first-order valence-corrected chi connectivity index (χ1v) is 9.96. The molecule has 4 aliphatic rings. The van der Waals surface area contributed by atoms with E-state index in [1.807, 2.05) is 5.23 Å². The molecule has 4 heteroatoms. The number of benzene rings is 1. The maximum Gasteiger partial charge on any atom is 0.191 e. The molecule has 2 aliphatic heterocycles. The van der Waals surface area contributed by atoms with E-state index in [1.165, 1.54) is 24.8 Å². The SMILES string of the molecule is C[C@]1(OC2CCCCC2)ON2OC[C@@H]3C[C@H]1[C@H](c1ccccc1)[C@@]32C. The summed E-state index contributed by atoms with van der Waals surface area (Å²) in [7, 11) is 0. The van der Waals surface area contributed by atoms with Gasteiger partial charge in [0.05, 0.1) is 18.2 Å². The zero-order valence-corrected chi connectivity index (χ0v) is 15.3. The lowest BCUT2D eigenvalue weighted by molar-refractivity contribution is -0.495. The normalized spacial score (nSPS) is 44.3. The van der Waals surface area contributed by atoms with Crippen LogP contribution in [0.5, 0.6) is 0 Å². The first-order chi connectivity index (χ1) is 12.1. The summed E-state index contributed by atoms with van der Waals surface area (Å²) in [4.78, 5) is 12.4. The Hall–Kier alpha value is -0.940. The minimum absolute atomic E-state index is 0.0958. The third-order valence-electron chi connectivity index (χ3n) is 7.23. The van der Waals surface area contributed by atoms with Gasteiger partial charge in [0, 0.05) is 17.8 Å². The maximum absolute atomic E-state index is 6.66. The van der Waals surface area contributed by atoms with Gasteiger partial charge in [-0.25, -0.2) is 4.84 Å². The van der Waals surface area contributed by atoms with Gasteiger partial charge in [0.25, 0.3) is 0 Å². The van der Waals surface area contributed by atoms with Crippen LogP contribution in [-0.4, -0.2) is 29.3 Å². The summed E-state index contributed by atoms with van der Waals surface area (Å²) in [5, 5.41) is 1.81. The van der Waals surface area contributed by atoms with Crippen molar-refractivity contribution in [2.75, 3.05) is 6.61 Å². The molecule has 0 amide bonds. The van der Waals surface area contributed by atoms with E-state index in [9.17, 15) is 0 Å². The molecule has 2 heterocycles. The molecular weight excluding hydrogens is 314 g/mol. The topological polar surface area (TPSA) is 30.9 Å². The van der Waals surface area contributed by atoms with Crippen molar-refractivity contribution in [3.8, 4) is 0 Å².